The molecule has 0 aliphatic heterocycles. The van der Waals surface area contributed by atoms with Gasteiger partial charge in [-0.05, 0) is 36.8 Å². The first-order chi connectivity index (χ1) is 8.11. The normalized spacial score (nSPS) is 29.1. The quantitative estimate of drug-likeness (QED) is 0.858. The van der Waals surface area contributed by atoms with Gasteiger partial charge < -0.3 is 10.5 Å². The van der Waals surface area contributed by atoms with Crippen LogP contribution in [0.2, 0.25) is 0 Å². The largest absolute Gasteiger partial charge is 0.497 e. The average molecular weight is 237 g/mol. The van der Waals surface area contributed by atoms with E-state index < -0.39 is 0 Å². The van der Waals surface area contributed by atoms with Crippen molar-refractivity contribution < 1.29 is 9.13 Å². The molecule has 2 N–H and O–H groups in total. The number of methoxy groups -OCH3 is 1. The molecule has 1 fully saturated rings. The van der Waals surface area contributed by atoms with Crippen LogP contribution in [0.25, 0.3) is 0 Å². The SMILES string of the molecule is COc1ccc(C2CC(C)CCC2N)c(F)c1. The Morgan fingerprint density at radius 1 is 1.35 bits per heavy atom. The van der Waals surface area contributed by atoms with Crippen LogP contribution < -0.4 is 10.5 Å². The maximum absolute atomic E-state index is 14.0. The summed E-state index contributed by atoms with van der Waals surface area (Å²) in [6, 6.07) is 5.15. The van der Waals surface area contributed by atoms with Gasteiger partial charge in [-0.15, -0.1) is 0 Å². The highest BCUT2D eigenvalue weighted by atomic mass is 19.1. The van der Waals surface area contributed by atoms with E-state index in [0.29, 0.717) is 11.7 Å². The topological polar surface area (TPSA) is 35.2 Å². The number of ether oxygens (including phenoxy) is 1. The average Bonchev–Trinajstić information content (AvgIpc) is 2.32. The summed E-state index contributed by atoms with van der Waals surface area (Å²) in [6.45, 7) is 2.21. The Kier molecular flexibility index (Phi) is 3.67. The number of benzene rings is 1. The molecule has 0 aromatic heterocycles. The lowest BCUT2D eigenvalue weighted by Crippen LogP contribution is -2.34. The molecular formula is C14H20FNO. The van der Waals surface area contributed by atoms with E-state index in [9.17, 15) is 4.39 Å². The maximum Gasteiger partial charge on any atom is 0.130 e. The monoisotopic (exact) mass is 237 g/mol. The molecule has 0 bridgehead atoms. The molecule has 2 nitrogen and oxygen atoms in total. The molecule has 1 saturated carbocycles. The molecule has 17 heavy (non-hydrogen) atoms. The molecule has 3 heteroatoms. The summed E-state index contributed by atoms with van der Waals surface area (Å²) in [6.07, 6.45) is 3.11. The first-order valence-corrected chi connectivity index (χ1v) is 6.21. The predicted molar refractivity (Wildman–Crippen MR) is 66.7 cm³/mol. The van der Waals surface area contributed by atoms with Crippen molar-refractivity contribution in [1.82, 2.24) is 0 Å². The molecule has 0 radical (unpaired) electrons. The van der Waals surface area contributed by atoms with Gasteiger partial charge in [-0.2, -0.15) is 0 Å². The van der Waals surface area contributed by atoms with Gasteiger partial charge in [0.1, 0.15) is 11.6 Å². The van der Waals surface area contributed by atoms with Gasteiger partial charge in [0, 0.05) is 18.0 Å². The molecule has 0 amide bonds. The van der Waals surface area contributed by atoms with Crippen molar-refractivity contribution in [3.8, 4) is 5.75 Å². The van der Waals surface area contributed by atoms with Crippen molar-refractivity contribution >= 4 is 0 Å². The Labute approximate surface area is 102 Å². The van der Waals surface area contributed by atoms with Gasteiger partial charge in [0.25, 0.3) is 0 Å². The molecule has 0 heterocycles. The Morgan fingerprint density at radius 2 is 2.12 bits per heavy atom. The van der Waals surface area contributed by atoms with Crippen LogP contribution in [0.4, 0.5) is 4.39 Å². The summed E-state index contributed by atoms with van der Waals surface area (Å²) in [4.78, 5) is 0. The zero-order chi connectivity index (χ0) is 12.4. The van der Waals surface area contributed by atoms with Gasteiger partial charge in [0.15, 0.2) is 0 Å². The first kappa shape index (κ1) is 12.4. The smallest absolute Gasteiger partial charge is 0.130 e. The lowest BCUT2D eigenvalue weighted by molar-refractivity contribution is 0.300. The van der Waals surface area contributed by atoms with Crippen LogP contribution >= 0.6 is 0 Å². The molecule has 0 saturated heterocycles. The van der Waals surface area contributed by atoms with Crippen molar-refractivity contribution in [3.05, 3.63) is 29.6 Å². The number of hydrogen-bond donors (Lipinski definition) is 1. The third kappa shape index (κ3) is 2.60. The minimum Gasteiger partial charge on any atom is -0.497 e. The van der Waals surface area contributed by atoms with E-state index in [1.807, 2.05) is 12.1 Å². The van der Waals surface area contributed by atoms with Crippen LogP contribution in [0.15, 0.2) is 18.2 Å². The van der Waals surface area contributed by atoms with Crippen LogP contribution in [0.1, 0.15) is 37.7 Å². The van der Waals surface area contributed by atoms with Crippen molar-refractivity contribution in [3.63, 3.8) is 0 Å². The van der Waals surface area contributed by atoms with Gasteiger partial charge in [0.2, 0.25) is 0 Å². The minimum atomic E-state index is -0.195. The maximum atomic E-state index is 14.0. The van der Waals surface area contributed by atoms with Crippen molar-refractivity contribution in [2.75, 3.05) is 7.11 Å². The Balaban J connectivity index is 2.26. The fourth-order valence-electron chi connectivity index (χ4n) is 2.70. The second kappa shape index (κ2) is 5.05. The Hall–Kier alpha value is -1.09. The molecule has 3 unspecified atom stereocenters. The number of rotatable bonds is 2. The van der Waals surface area contributed by atoms with Gasteiger partial charge in [-0.25, -0.2) is 4.39 Å². The van der Waals surface area contributed by atoms with E-state index in [1.165, 1.54) is 6.07 Å². The van der Waals surface area contributed by atoms with Crippen molar-refractivity contribution in [2.45, 2.75) is 38.1 Å². The molecule has 94 valence electrons. The molecular weight excluding hydrogens is 217 g/mol. The predicted octanol–water partition coefficient (Wildman–Crippen LogP) is 3.07. The molecule has 0 spiro atoms. The van der Waals surface area contributed by atoms with E-state index in [2.05, 4.69) is 6.92 Å². The van der Waals surface area contributed by atoms with Gasteiger partial charge in [-0.3, -0.25) is 0 Å². The second-order valence-corrected chi connectivity index (χ2v) is 5.08. The van der Waals surface area contributed by atoms with Gasteiger partial charge in [0.05, 0.1) is 7.11 Å². The van der Waals surface area contributed by atoms with Crippen LogP contribution in [-0.2, 0) is 0 Å². The van der Waals surface area contributed by atoms with E-state index in [1.54, 1.807) is 7.11 Å². The minimum absolute atomic E-state index is 0.0779. The Morgan fingerprint density at radius 3 is 2.76 bits per heavy atom. The number of halogens is 1. The van der Waals surface area contributed by atoms with Crippen molar-refractivity contribution in [2.24, 2.45) is 11.7 Å². The fourth-order valence-corrected chi connectivity index (χ4v) is 2.70. The molecule has 1 aliphatic rings. The van der Waals surface area contributed by atoms with Crippen LogP contribution in [0.5, 0.6) is 5.75 Å². The summed E-state index contributed by atoms with van der Waals surface area (Å²) in [7, 11) is 1.54. The van der Waals surface area contributed by atoms with E-state index in [-0.39, 0.29) is 17.8 Å². The number of nitrogens with two attached hydrogens (primary N) is 1. The lowest BCUT2D eigenvalue weighted by Gasteiger charge is -2.33. The third-order valence-corrected chi connectivity index (χ3v) is 3.77. The van der Waals surface area contributed by atoms with Crippen LogP contribution in [0.3, 0.4) is 0 Å². The summed E-state index contributed by atoms with van der Waals surface area (Å²) in [5.74, 6) is 1.13. The van der Waals surface area contributed by atoms with E-state index in [0.717, 1.165) is 24.8 Å². The lowest BCUT2D eigenvalue weighted by atomic mass is 9.75. The Bertz CT molecular complexity index is 394. The molecule has 3 atom stereocenters. The van der Waals surface area contributed by atoms with Crippen LogP contribution in [-0.4, -0.2) is 13.2 Å². The highest BCUT2D eigenvalue weighted by molar-refractivity contribution is 5.32. The van der Waals surface area contributed by atoms with Gasteiger partial charge >= 0.3 is 0 Å². The molecule has 1 aromatic rings. The summed E-state index contributed by atoms with van der Waals surface area (Å²) in [5.41, 5.74) is 6.86. The zero-order valence-corrected chi connectivity index (χ0v) is 10.4. The summed E-state index contributed by atoms with van der Waals surface area (Å²) < 4.78 is 19.0. The molecule has 1 aromatic carbocycles. The summed E-state index contributed by atoms with van der Waals surface area (Å²) in [5, 5.41) is 0. The number of hydrogen-bond acceptors (Lipinski definition) is 2. The highest BCUT2D eigenvalue weighted by Gasteiger charge is 2.29. The summed E-state index contributed by atoms with van der Waals surface area (Å²) >= 11 is 0. The van der Waals surface area contributed by atoms with Crippen LogP contribution in [0, 0.1) is 11.7 Å². The molecule has 2 rings (SSSR count). The first-order valence-electron chi connectivity index (χ1n) is 6.21. The van der Waals surface area contributed by atoms with Crippen molar-refractivity contribution in [1.29, 1.82) is 0 Å². The van der Waals surface area contributed by atoms with E-state index in [4.69, 9.17) is 10.5 Å². The standard InChI is InChI=1S/C14H20FNO/c1-9-3-6-14(16)12(7-9)11-5-4-10(17-2)8-13(11)15/h4-5,8-9,12,14H,3,6-7,16H2,1-2H3. The van der Waals surface area contributed by atoms with E-state index >= 15 is 0 Å². The molecule has 1 aliphatic carbocycles. The fraction of sp³-hybridized carbons (Fsp3) is 0.571. The van der Waals surface area contributed by atoms with Gasteiger partial charge in [-0.1, -0.05) is 13.0 Å². The third-order valence-electron chi connectivity index (χ3n) is 3.77. The highest BCUT2D eigenvalue weighted by Crippen LogP contribution is 2.37. The second-order valence-electron chi connectivity index (χ2n) is 5.08. The zero-order valence-electron chi connectivity index (χ0n) is 10.4.